The zero-order valence-corrected chi connectivity index (χ0v) is 7.86. The molecule has 2 N–H and O–H groups in total. The molecule has 1 atom stereocenters. The lowest BCUT2D eigenvalue weighted by Gasteiger charge is -2.34. The van der Waals surface area contributed by atoms with Crippen LogP contribution in [0.4, 0.5) is 4.79 Å². The number of hydrogen-bond acceptors (Lipinski definition) is 2. The third-order valence-corrected chi connectivity index (χ3v) is 3.10. The highest BCUT2D eigenvalue weighted by atomic mass is 79.9. The molecule has 0 radical (unpaired) electrons. The van der Waals surface area contributed by atoms with Gasteiger partial charge < -0.3 is 5.32 Å². The molecule has 3 amide bonds. The van der Waals surface area contributed by atoms with Crippen LogP contribution in [0, 0.1) is 0 Å². The van der Waals surface area contributed by atoms with Crippen LogP contribution >= 0.6 is 15.9 Å². The first-order chi connectivity index (χ1) is 4.93. The second-order valence-corrected chi connectivity index (χ2v) is 3.94. The van der Waals surface area contributed by atoms with Gasteiger partial charge in [0, 0.05) is 0 Å². The van der Waals surface area contributed by atoms with Gasteiger partial charge in [-0.05, 0) is 13.8 Å². The fourth-order valence-electron chi connectivity index (χ4n) is 0.890. The van der Waals surface area contributed by atoms with Crippen LogP contribution in [0.1, 0.15) is 13.8 Å². The maximum absolute atomic E-state index is 11.0. The molecule has 1 heterocycles. The third-order valence-electron chi connectivity index (χ3n) is 1.54. The van der Waals surface area contributed by atoms with Gasteiger partial charge in [0.2, 0.25) is 5.91 Å². The molecule has 62 valence electrons. The van der Waals surface area contributed by atoms with Crippen LogP contribution in [0.2, 0.25) is 0 Å². The van der Waals surface area contributed by atoms with Gasteiger partial charge in [0.05, 0.1) is 5.54 Å². The van der Waals surface area contributed by atoms with Gasteiger partial charge in [0.15, 0.2) is 0 Å². The predicted molar refractivity (Wildman–Crippen MR) is 43.5 cm³/mol. The van der Waals surface area contributed by atoms with E-state index in [0.717, 1.165) is 0 Å². The minimum atomic E-state index is -0.514. The Morgan fingerprint density at radius 2 is 2.00 bits per heavy atom. The molecule has 1 fully saturated rings. The molecule has 0 saturated carbocycles. The Bertz CT molecular complexity index is 215. The molecule has 1 rings (SSSR count). The van der Waals surface area contributed by atoms with Crippen molar-refractivity contribution in [1.29, 1.82) is 0 Å². The highest BCUT2D eigenvalue weighted by molar-refractivity contribution is 9.10. The Kier molecular flexibility index (Phi) is 1.92. The summed E-state index contributed by atoms with van der Waals surface area (Å²) in [7, 11) is 0. The number of hydrogen-bond donors (Lipinski definition) is 2. The Hall–Kier alpha value is -0.580. The van der Waals surface area contributed by atoms with Crippen LogP contribution in [-0.4, -0.2) is 22.3 Å². The van der Waals surface area contributed by atoms with E-state index in [1.807, 2.05) is 0 Å². The smallest absolute Gasteiger partial charge is 0.321 e. The Balaban J connectivity index is 2.83. The molecule has 0 aliphatic carbocycles. The van der Waals surface area contributed by atoms with Crippen molar-refractivity contribution in [3.63, 3.8) is 0 Å². The summed E-state index contributed by atoms with van der Waals surface area (Å²) in [5, 5.41) is 4.77. The first-order valence-electron chi connectivity index (χ1n) is 3.20. The van der Waals surface area contributed by atoms with Gasteiger partial charge in [-0.2, -0.15) is 0 Å². The number of halogens is 1. The lowest BCUT2D eigenvalue weighted by Crippen LogP contribution is -2.64. The number of alkyl halides is 1. The largest absolute Gasteiger partial charge is 0.331 e. The standard InChI is InChI=1S/C6H9BrN2O2/c1-6(2)3(7)4(10)8-5(11)9-6/h3H,1-2H3,(H2,8,9,10,11)/t3-/m0/s1. The molecular weight excluding hydrogens is 212 g/mol. The molecule has 4 nitrogen and oxygen atoms in total. The lowest BCUT2D eigenvalue weighted by molar-refractivity contribution is -0.121. The van der Waals surface area contributed by atoms with Crippen LogP contribution < -0.4 is 10.6 Å². The fraction of sp³-hybridized carbons (Fsp3) is 0.667. The first kappa shape index (κ1) is 8.52. The van der Waals surface area contributed by atoms with Crippen LogP contribution in [0.3, 0.4) is 0 Å². The van der Waals surface area contributed by atoms with Crippen molar-refractivity contribution in [2.75, 3.05) is 0 Å². The van der Waals surface area contributed by atoms with Gasteiger partial charge in [-0.25, -0.2) is 4.79 Å². The Morgan fingerprint density at radius 3 is 2.45 bits per heavy atom. The molecular formula is C6H9BrN2O2. The van der Waals surface area contributed by atoms with Crippen LogP contribution in [0.25, 0.3) is 0 Å². The van der Waals surface area contributed by atoms with Crippen molar-refractivity contribution in [3.8, 4) is 0 Å². The summed E-state index contributed by atoms with van der Waals surface area (Å²) in [5.41, 5.74) is -0.514. The van der Waals surface area contributed by atoms with E-state index in [1.165, 1.54) is 0 Å². The van der Waals surface area contributed by atoms with E-state index in [-0.39, 0.29) is 10.7 Å². The van der Waals surface area contributed by atoms with Crippen molar-refractivity contribution < 1.29 is 9.59 Å². The first-order valence-corrected chi connectivity index (χ1v) is 4.12. The fourth-order valence-corrected chi connectivity index (χ4v) is 1.12. The molecule has 0 aromatic rings. The van der Waals surface area contributed by atoms with Gasteiger partial charge in [0.25, 0.3) is 0 Å². The van der Waals surface area contributed by atoms with E-state index in [0.29, 0.717) is 0 Å². The molecule has 0 spiro atoms. The molecule has 0 aromatic carbocycles. The van der Waals surface area contributed by atoms with Crippen molar-refractivity contribution in [3.05, 3.63) is 0 Å². The summed E-state index contributed by atoms with van der Waals surface area (Å²) in [4.78, 5) is 21.4. The van der Waals surface area contributed by atoms with Crippen LogP contribution in [-0.2, 0) is 4.79 Å². The van der Waals surface area contributed by atoms with E-state index in [1.54, 1.807) is 13.8 Å². The molecule has 0 unspecified atom stereocenters. The molecule has 1 aliphatic rings. The van der Waals surface area contributed by atoms with E-state index >= 15 is 0 Å². The second-order valence-electron chi connectivity index (χ2n) is 3.03. The second kappa shape index (κ2) is 2.48. The van der Waals surface area contributed by atoms with Crippen molar-refractivity contribution in [1.82, 2.24) is 10.6 Å². The van der Waals surface area contributed by atoms with Gasteiger partial charge in [-0.15, -0.1) is 0 Å². The normalized spacial score (nSPS) is 29.2. The Morgan fingerprint density at radius 1 is 1.45 bits per heavy atom. The quantitative estimate of drug-likeness (QED) is 0.580. The predicted octanol–water partition coefficient (Wildman–Crippen LogP) is 0.368. The van der Waals surface area contributed by atoms with Gasteiger partial charge >= 0.3 is 6.03 Å². The number of carbonyl (C=O) groups is 2. The van der Waals surface area contributed by atoms with Crippen molar-refractivity contribution in [2.45, 2.75) is 24.2 Å². The summed E-state index contributed by atoms with van der Waals surface area (Å²) in [6.07, 6.45) is 0. The minimum Gasteiger partial charge on any atom is -0.331 e. The molecule has 0 bridgehead atoms. The SMILES string of the molecule is CC1(C)NC(=O)NC(=O)[C@@H]1Br. The average Bonchev–Trinajstić information content (AvgIpc) is 1.81. The van der Waals surface area contributed by atoms with E-state index in [9.17, 15) is 9.59 Å². The van der Waals surface area contributed by atoms with Crippen LogP contribution in [0.15, 0.2) is 0 Å². The maximum atomic E-state index is 11.0. The van der Waals surface area contributed by atoms with E-state index in [4.69, 9.17) is 0 Å². The monoisotopic (exact) mass is 220 g/mol. The third kappa shape index (κ3) is 1.53. The molecule has 0 aromatic heterocycles. The van der Waals surface area contributed by atoms with E-state index in [2.05, 4.69) is 26.6 Å². The van der Waals surface area contributed by atoms with Gasteiger partial charge in [-0.3, -0.25) is 10.1 Å². The van der Waals surface area contributed by atoms with Crippen molar-refractivity contribution >= 4 is 27.9 Å². The number of amides is 3. The summed E-state index contributed by atoms with van der Waals surface area (Å²) < 4.78 is 0. The van der Waals surface area contributed by atoms with Crippen molar-refractivity contribution in [2.24, 2.45) is 0 Å². The van der Waals surface area contributed by atoms with Gasteiger partial charge in [-0.1, -0.05) is 15.9 Å². The topological polar surface area (TPSA) is 58.2 Å². The minimum absolute atomic E-state index is 0.293. The highest BCUT2D eigenvalue weighted by Gasteiger charge is 2.39. The number of rotatable bonds is 0. The average molecular weight is 221 g/mol. The summed E-state index contributed by atoms with van der Waals surface area (Å²) in [6, 6.07) is -0.435. The molecule has 1 saturated heterocycles. The summed E-state index contributed by atoms with van der Waals surface area (Å²) in [6.45, 7) is 3.56. The van der Waals surface area contributed by atoms with Gasteiger partial charge in [0.1, 0.15) is 4.83 Å². The Labute approximate surface area is 72.8 Å². The number of urea groups is 1. The lowest BCUT2D eigenvalue weighted by atomic mass is 9.99. The van der Waals surface area contributed by atoms with E-state index < -0.39 is 11.6 Å². The number of carbonyl (C=O) groups excluding carboxylic acids is 2. The van der Waals surface area contributed by atoms with Crippen LogP contribution in [0.5, 0.6) is 0 Å². The number of nitrogens with one attached hydrogen (secondary N) is 2. The maximum Gasteiger partial charge on any atom is 0.321 e. The summed E-state index contributed by atoms with van der Waals surface area (Å²) in [5.74, 6) is -0.293. The zero-order valence-electron chi connectivity index (χ0n) is 6.27. The highest BCUT2D eigenvalue weighted by Crippen LogP contribution is 2.19. The zero-order chi connectivity index (χ0) is 8.65. The summed E-state index contributed by atoms with van der Waals surface area (Å²) >= 11 is 3.18. The molecule has 5 heteroatoms. The molecule has 1 aliphatic heterocycles. The number of imide groups is 1. The molecule has 11 heavy (non-hydrogen) atoms.